The molecule has 0 unspecified atom stereocenters. The number of halogens is 11. The molecule has 0 aromatic rings. The maximum Gasteiger partial charge on any atom is 0.460 e. The van der Waals surface area contributed by atoms with Crippen molar-refractivity contribution in [1.29, 1.82) is 0 Å². The summed E-state index contributed by atoms with van der Waals surface area (Å²) in [5.74, 6) is -27.7. The SMILES string of the molecule is CC1(C)OB(CCC(F)(F)C(F)(F)C(F)(F)C(F)(F)C(F)(F)F)OC1(C)C. The van der Waals surface area contributed by atoms with Crippen molar-refractivity contribution in [2.45, 2.75) is 81.5 Å². The second kappa shape index (κ2) is 6.36. The summed E-state index contributed by atoms with van der Waals surface area (Å²) in [5, 5.41) is 0. The molecule has 0 spiro atoms. The summed E-state index contributed by atoms with van der Waals surface area (Å²) in [5.41, 5.74) is -2.19. The van der Waals surface area contributed by atoms with E-state index in [-0.39, 0.29) is 0 Å². The fourth-order valence-corrected chi connectivity index (χ4v) is 2.14. The molecule has 0 radical (unpaired) electrons. The molecule has 1 aliphatic rings. The van der Waals surface area contributed by atoms with Crippen molar-refractivity contribution in [3.05, 3.63) is 0 Å². The maximum atomic E-state index is 13.6. The average Bonchev–Trinajstić information content (AvgIpc) is 2.62. The lowest BCUT2D eigenvalue weighted by atomic mass is 9.80. The molecule has 0 bridgehead atoms. The molecule has 0 aromatic heterocycles. The van der Waals surface area contributed by atoms with Crippen molar-refractivity contribution < 1.29 is 57.6 Å². The van der Waals surface area contributed by atoms with Gasteiger partial charge in [0.05, 0.1) is 11.2 Å². The highest BCUT2D eigenvalue weighted by atomic mass is 19.4. The standard InChI is InChI=1S/C13H16BF11O2/c1-7(2)8(3,4)27-14(26-7)6-5-9(15,16)10(17,18)11(19,20)12(21,22)13(23,24)25/h5-6H2,1-4H3. The van der Waals surface area contributed by atoms with Gasteiger partial charge in [-0.25, -0.2) is 0 Å². The quantitative estimate of drug-likeness (QED) is 0.410. The van der Waals surface area contributed by atoms with E-state index in [9.17, 15) is 48.3 Å². The van der Waals surface area contributed by atoms with E-state index in [0.29, 0.717) is 0 Å². The van der Waals surface area contributed by atoms with Crippen molar-refractivity contribution >= 4 is 7.12 Å². The van der Waals surface area contributed by atoms with E-state index in [1.807, 2.05) is 0 Å². The van der Waals surface area contributed by atoms with Crippen LogP contribution >= 0.6 is 0 Å². The number of hydrogen-bond acceptors (Lipinski definition) is 2. The molecule has 0 atom stereocenters. The summed E-state index contributed by atoms with van der Waals surface area (Å²) in [7, 11) is -1.58. The zero-order valence-corrected chi connectivity index (χ0v) is 14.5. The molecule has 0 aromatic carbocycles. The molecule has 1 aliphatic heterocycles. The Balaban J connectivity index is 3.02. The first-order chi connectivity index (χ1) is 11.5. The zero-order chi connectivity index (χ0) is 21.9. The minimum Gasteiger partial charge on any atom is -0.403 e. The van der Waals surface area contributed by atoms with E-state index < -0.39 is 60.9 Å². The lowest BCUT2D eigenvalue weighted by Gasteiger charge is -2.37. The van der Waals surface area contributed by atoms with Crippen LogP contribution in [0.2, 0.25) is 6.32 Å². The molecule has 1 fully saturated rings. The second-order valence-electron chi connectivity index (χ2n) is 7.15. The summed E-state index contributed by atoms with van der Waals surface area (Å²) in [6, 6.07) is 0. The first kappa shape index (κ1) is 24.3. The van der Waals surface area contributed by atoms with Gasteiger partial charge in [0, 0.05) is 6.42 Å². The lowest BCUT2D eigenvalue weighted by molar-refractivity contribution is -0.422. The molecule has 27 heavy (non-hydrogen) atoms. The van der Waals surface area contributed by atoms with Crippen molar-refractivity contribution in [3.8, 4) is 0 Å². The molecule has 0 amide bonds. The summed E-state index contributed by atoms with van der Waals surface area (Å²) in [6.45, 7) is 5.82. The third-order valence-electron chi connectivity index (χ3n) is 4.60. The highest BCUT2D eigenvalue weighted by molar-refractivity contribution is 6.45. The highest BCUT2D eigenvalue weighted by Gasteiger charge is 2.86. The van der Waals surface area contributed by atoms with Crippen molar-refractivity contribution in [3.63, 3.8) is 0 Å². The molecule has 14 heteroatoms. The van der Waals surface area contributed by atoms with Crippen LogP contribution in [0.1, 0.15) is 34.1 Å². The summed E-state index contributed by atoms with van der Waals surface area (Å²) in [6.07, 6.45) is -10.5. The zero-order valence-electron chi connectivity index (χ0n) is 14.5. The van der Waals surface area contributed by atoms with Crippen LogP contribution in [0.3, 0.4) is 0 Å². The lowest BCUT2D eigenvalue weighted by Crippen LogP contribution is -2.66. The van der Waals surface area contributed by atoms with Crippen molar-refractivity contribution in [1.82, 2.24) is 0 Å². The van der Waals surface area contributed by atoms with Crippen molar-refractivity contribution in [2.24, 2.45) is 0 Å². The Labute approximate surface area is 147 Å². The second-order valence-corrected chi connectivity index (χ2v) is 7.15. The van der Waals surface area contributed by atoms with Gasteiger partial charge in [0.1, 0.15) is 0 Å². The van der Waals surface area contributed by atoms with E-state index >= 15 is 0 Å². The topological polar surface area (TPSA) is 18.5 Å². The molecule has 0 saturated carbocycles. The smallest absolute Gasteiger partial charge is 0.403 e. The summed E-state index contributed by atoms with van der Waals surface area (Å²) < 4.78 is 152. The number of alkyl halides is 11. The van der Waals surface area contributed by atoms with Crippen LogP contribution < -0.4 is 0 Å². The molecule has 1 rings (SSSR count). The van der Waals surface area contributed by atoms with E-state index in [0.717, 1.165) is 0 Å². The first-order valence-electron chi connectivity index (χ1n) is 7.47. The normalized spacial score (nSPS) is 21.7. The van der Waals surface area contributed by atoms with Crippen LogP contribution in [0.4, 0.5) is 48.3 Å². The molecule has 160 valence electrons. The Morgan fingerprint density at radius 2 is 1.00 bits per heavy atom. The predicted molar refractivity (Wildman–Crippen MR) is 71.3 cm³/mol. The monoisotopic (exact) mass is 424 g/mol. The fourth-order valence-electron chi connectivity index (χ4n) is 2.14. The average molecular weight is 424 g/mol. The Morgan fingerprint density at radius 3 is 1.33 bits per heavy atom. The van der Waals surface area contributed by atoms with Gasteiger partial charge < -0.3 is 9.31 Å². The van der Waals surface area contributed by atoms with Gasteiger partial charge in [-0.3, -0.25) is 0 Å². The van der Waals surface area contributed by atoms with Gasteiger partial charge in [-0.05, 0) is 34.0 Å². The first-order valence-corrected chi connectivity index (χ1v) is 7.47. The van der Waals surface area contributed by atoms with Gasteiger partial charge in [0.2, 0.25) is 0 Å². The van der Waals surface area contributed by atoms with E-state index in [1.165, 1.54) is 27.7 Å². The van der Waals surface area contributed by atoms with E-state index in [2.05, 4.69) is 0 Å². The van der Waals surface area contributed by atoms with Crippen LogP contribution in [0.5, 0.6) is 0 Å². The Hall–Kier alpha value is -0.785. The van der Waals surface area contributed by atoms with Gasteiger partial charge >= 0.3 is 37.0 Å². The van der Waals surface area contributed by atoms with Crippen LogP contribution in [0.25, 0.3) is 0 Å². The third kappa shape index (κ3) is 3.75. The minimum atomic E-state index is -7.39. The summed E-state index contributed by atoms with van der Waals surface area (Å²) in [4.78, 5) is 0. The van der Waals surface area contributed by atoms with Gasteiger partial charge in [-0.15, -0.1) is 0 Å². The number of rotatable bonds is 6. The Morgan fingerprint density at radius 1 is 0.630 bits per heavy atom. The largest absolute Gasteiger partial charge is 0.460 e. The van der Waals surface area contributed by atoms with Gasteiger partial charge in [0.25, 0.3) is 0 Å². The molecular formula is C13H16BF11O2. The minimum absolute atomic E-state index is 1.09. The Bertz CT molecular complexity index is 541. The van der Waals surface area contributed by atoms with Crippen LogP contribution in [0, 0.1) is 0 Å². The van der Waals surface area contributed by atoms with Crippen molar-refractivity contribution in [2.75, 3.05) is 0 Å². The highest BCUT2D eigenvalue weighted by Crippen LogP contribution is 2.58. The molecular weight excluding hydrogens is 408 g/mol. The third-order valence-corrected chi connectivity index (χ3v) is 4.60. The molecule has 2 nitrogen and oxygen atoms in total. The molecule has 1 heterocycles. The fraction of sp³-hybridized carbons (Fsp3) is 1.00. The van der Waals surface area contributed by atoms with Gasteiger partial charge in [-0.2, -0.15) is 48.3 Å². The van der Waals surface area contributed by atoms with E-state index in [1.54, 1.807) is 0 Å². The van der Waals surface area contributed by atoms with Gasteiger partial charge in [0.15, 0.2) is 0 Å². The molecule has 1 saturated heterocycles. The van der Waals surface area contributed by atoms with Gasteiger partial charge in [-0.1, -0.05) is 0 Å². The maximum absolute atomic E-state index is 13.6. The van der Waals surface area contributed by atoms with E-state index in [4.69, 9.17) is 9.31 Å². The molecule has 0 N–H and O–H groups in total. The Kier molecular flexibility index (Phi) is 5.71. The van der Waals surface area contributed by atoms with Crippen LogP contribution in [0.15, 0.2) is 0 Å². The van der Waals surface area contributed by atoms with Crippen LogP contribution in [-0.4, -0.2) is 48.2 Å². The summed E-state index contributed by atoms with van der Waals surface area (Å²) >= 11 is 0. The number of hydrogen-bond donors (Lipinski definition) is 0. The predicted octanol–water partition coefficient (Wildman–Crippen LogP) is 5.57. The van der Waals surface area contributed by atoms with Crippen LogP contribution in [-0.2, 0) is 9.31 Å². The molecule has 0 aliphatic carbocycles.